The molecule has 6 heteroatoms. The third-order valence-corrected chi connectivity index (χ3v) is 4.81. The summed E-state index contributed by atoms with van der Waals surface area (Å²) in [5.41, 5.74) is 3.55. The summed E-state index contributed by atoms with van der Waals surface area (Å²) in [4.78, 5) is 14.5. The van der Waals surface area contributed by atoms with E-state index in [1.54, 1.807) is 13.8 Å². The number of rotatable bonds is 4. The topological polar surface area (TPSA) is 82.2 Å². The Hall–Kier alpha value is -2.49. The summed E-state index contributed by atoms with van der Waals surface area (Å²) in [6, 6.07) is 10.3. The van der Waals surface area contributed by atoms with E-state index >= 15 is 0 Å². The molecule has 0 fully saturated rings. The lowest BCUT2D eigenvalue weighted by atomic mass is 10.00. The van der Waals surface area contributed by atoms with E-state index in [1.807, 2.05) is 18.2 Å². The molecule has 2 aromatic rings. The molecule has 1 N–H and O–H groups in total. The molecule has 6 nitrogen and oxygen atoms in total. The fraction of sp³-hybridized carbons (Fsp3) is 0.421. The standard InChI is InChI=1S/C19H22N4O2/c1-13-14(2)21-23(19(25)18(13)9-20)12-17(24)11-22-8-7-15-5-3-4-6-16(15)10-22/h3-6,17,24H,7-8,10-12H2,1-2H3/t17-/m1/s1. The molecule has 0 saturated heterocycles. The first-order chi connectivity index (χ1) is 12.0. The van der Waals surface area contributed by atoms with Crippen molar-refractivity contribution in [1.29, 1.82) is 5.26 Å². The van der Waals surface area contributed by atoms with E-state index < -0.39 is 11.7 Å². The van der Waals surface area contributed by atoms with E-state index in [0.717, 1.165) is 19.5 Å². The second-order valence-corrected chi connectivity index (χ2v) is 6.59. The average molecular weight is 338 g/mol. The lowest BCUT2D eigenvalue weighted by Gasteiger charge is -2.30. The number of nitriles is 1. The van der Waals surface area contributed by atoms with Crippen LogP contribution in [-0.2, 0) is 19.5 Å². The number of aryl methyl sites for hydroxylation is 1. The normalized spacial score (nSPS) is 15.4. The molecular weight excluding hydrogens is 316 g/mol. The second-order valence-electron chi connectivity index (χ2n) is 6.59. The minimum atomic E-state index is -0.718. The maximum absolute atomic E-state index is 12.3. The van der Waals surface area contributed by atoms with E-state index in [9.17, 15) is 15.2 Å². The number of aromatic nitrogens is 2. The van der Waals surface area contributed by atoms with E-state index in [0.29, 0.717) is 17.8 Å². The molecule has 2 heterocycles. The molecule has 0 radical (unpaired) electrons. The minimum absolute atomic E-state index is 0.0901. The van der Waals surface area contributed by atoms with E-state index in [1.165, 1.54) is 15.8 Å². The predicted molar refractivity (Wildman–Crippen MR) is 94.1 cm³/mol. The first-order valence-corrected chi connectivity index (χ1v) is 8.45. The van der Waals surface area contributed by atoms with Crippen molar-refractivity contribution in [2.75, 3.05) is 13.1 Å². The minimum Gasteiger partial charge on any atom is -0.390 e. The van der Waals surface area contributed by atoms with Crippen LogP contribution in [0.15, 0.2) is 29.1 Å². The van der Waals surface area contributed by atoms with Crippen LogP contribution in [0.4, 0.5) is 0 Å². The van der Waals surface area contributed by atoms with Crippen molar-refractivity contribution in [1.82, 2.24) is 14.7 Å². The van der Waals surface area contributed by atoms with Gasteiger partial charge in [0.15, 0.2) is 0 Å². The van der Waals surface area contributed by atoms with Crippen molar-refractivity contribution < 1.29 is 5.11 Å². The second kappa shape index (κ2) is 7.18. The molecule has 1 aromatic heterocycles. The highest BCUT2D eigenvalue weighted by atomic mass is 16.3. The third kappa shape index (κ3) is 3.63. The van der Waals surface area contributed by atoms with Gasteiger partial charge in [-0.3, -0.25) is 9.69 Å². The fourth-order valence-corrected chi connectivity index (χ4v) is 3.29. The molecule has 1 atom stereocenters. The van der Waals surface area contributed by atoms with Crippen LogP contribution in [0.2, 0.25) is 0 Å². The van der Waals surface area contributed by atoms with E-state index in [2.05, 4.69) is 22.1 Å². The quantitative estimate of drug-likeness (QED) is 0.904. The zero-order valence-electron chi connectivity index (χ0n) is 14.6. The summed E-state index contributed by atoms with van der Waals surface area (Å²) in [5.74, 6) is 0. The van der Waals surface area contributed by atoms with Crippen LogP contribution in [0.3, 0.4) is 0 Å². The van der Waals surface area contributed by atoms with Gasteiger partial charge in [0.25, 0.3) is 5.56 Å². The fourth-order valence-electron chi connectivity index (χ4n) is 3.29. The Morgan fingerprint density at radius 2 is 2.00 bits per heavy atom. The predicted octanol–water partition coefficient (Wildman–Crippen LogP) is 1.15. The number of fused-ring (bicyclic) bond motifs is 1. The Bertz CT molecular complexity index is 882. The van der Waals surface area contributed by atoms with Crippen LogP contribution in [0, 0.1) is 25.2 Å². The van der Waals surface area contributed by atoms with Gasteiger partial charge in [-0.15, -0.1) is 0 Å². The molecule has 0 spiro atoms. The molecule has 130 valence electrons. The summed E-state index contributed by atoms with van der Waals surface area (Å²) in [6.45, 7) is 5.72. The summed E-state index contributed by atoms with van der Waals surface area (Å²) in [5, 5.41) is 23.8. The lowest BCUT2D eigenvalue weighted by molar-refractivity contribution is 0.0874. The Balaban J connectivity index is 1.70. The number of aliphatic hydroxyl groups excluding tert-OH is 1. The summed E-state index contributed by atoms with van der Waals surface area (Å²) in [6.07, 6.45) is 0.243. The first-order valence-electron chi connectivity index (χ1n) is 8.45. The number of benzene rings is 1. The molecule has 1 aliphatic rings. The molecule has 0 amide bonds. The maximum Gasteiger partial charge on any atom is 0.285 e. The highest BCUT2D eigenvalue weighted by Gasteiger charge is 2.20. The largest absolute Gasteiger partial charge is 0.390 e. The van der Waals surface area contributed by atoms with E-state index in [-0.39, 0.29) is 12.1 Å². The highest BCUT2D eigenvalue weighted by molar-refractivity contribution is 5.36. The molecule has 0 bridgehead atoms. The van der Waals surface area contributed by atoms with Gasteiger partial charge >= 0.3 is 0 Å². The van der Waals surface area contributed by atoms with Gasteiger partial charge in [-0.25, -0.2) is 4.68 Å². The van der Waals surface area contributed by atoms with Crippen LogP contribution in [-0.4, -0.2) is 39.0 Å². The average Bonchev–Trinajstić information content (AvgIpc) is 2.60. The van der Waals surface area contributed by atoms with Crippen LogP contribution >= 0.6 is 0 Å². The Morgan fingerprint density at radius 3 is 2.72 bits per heavy atom. The lowest BCUT2D eigenvalue weighted by Crippen LogP contribution is -2.40. The van der Waals surface area contributed by atoms with Gasteiger partial charge in [-0.2, -0.15) is 10.4 Å². The van der Waals surface area contributed by atoms with Gasteiger partial charge in [0.2, 0.25) is 0 Å². The molecule has 1 aliphatic heterocycles. The molecule has 1 aromatic carbocycles. The van der Waals surface area contributed by atoms with Crippen LogP contribution in [0.5, 0.6) is 0 Å². The van der Waals surface area contributed by atoms with E-state index in [4.69, 9.17) is 0 Å². The molecule has 0 unspecified atom stereocenters. The number of hydrogen-bond donors (Lipinski definition) is 1. The Kier molecular flexibility index (Phi) is 4.98. The highest BCUT2D eigenvalue weighted by Crippen LogP contribution is 2.18. The van der Waals surface area contributed by atoms with Gasteiger partial charge in [0.1, 0.15) is 11.6 Å². The van der Waals surface area contributed by atoms with Crippen molar-refractivity contribution in [3.8, 4) is 6.07 Å². The van der Waals surface area contributed by atoms with Gasteiger partial charge in [-0.05, 0) is 37.0 Å². The molecular formula is C19H22N4O2. The number of nitrogens with zero attached hydrogens (tertiary/aromatic N) is 4. The summed E-state index contributed by atoms with van der Waals surface area (Å²) < 4.78 is 1.21. The van der Waals surface area contributed by atoms with Gasteiger partial charge in [0.05, 0.1) is 18.3 Å². The first kappa shape index (κ1) is 17.3. The Morgan fingerprint density at radius 1 is 1.28 bits per heavy atom. The third-order valence-electron chi connectivity index (χ3n) is 4.81. The number of hydrogen-bond acceptors (Lipinski definition) is 5. The van der Waals surface area contributed by atoms with Crippen molar-refractivity contribution in [3.63, 3.8) is 0 Å². The molecule has 0 saturated carbocycles. The summed E-state index contributed by atoms with van der Waals surface area (Å²) in [7, 11) is 0. The SMILES string of the molecule is Cc1nn(C[C@H](O)CN2CCc3ccccc3C2)c(=O)c(C#N)c1C. The monoisotopic (exact) mass is 338 g/mol. The van der Waals surface area contributed by atoms with Crippen LogP contribution in [0.1, 0.15) is 27.9 Å². The van der Waals surface area contributed by atoms with Gasteiger partial charge in [-0.1, -0.05) is 24.3 Å². The van der Waals surface area contributed by atoms with Crippen molar-refractivity contribution in [2.45, 2.75) is 39.5 Å². The Labute approximate surface area is 146 Å². The smallest absolute Gasteiger partial charge is 0.285 e. The zero-order valence-corrected chi connectivity index (χ0v) is 14.6. The molecule has 0 aliphatic carbocycles. The number of β-amino-alcohol motifs (C(OH)–C–C–N with tert-alkyl or cyclic N) is 1. The van der Waals surface area contributed by atoms with Crippen LogP contribution in [0.25, 0.3) is 0 Å². The number of aliphatic hydroxyl groups is 1. The van der Waals surface area contributed by atoms with Crippen LogP contribution < -0.4 is 5.56 Å². The van der Waals surface area contributed by atoms with Gasteiger partial charge < -0.3 is 5.11 Å². The zero-order chi connectivity index (χ0) is 18.0. The van der Waals surface area contributed by atoms with Crippen molar-refractivity contribution in [3.05, 3.63) is 62.6 Å². The van der Waals surface area contributed by atoms with Crippen molar-refractivity contribution >= 4 is 0 Å². The maximum atomic E-state index is 12.3. The summed E-state index contributed by atoms with van der Waals surface area (Å²) >= 11 is 0. The van der Waals surface area contributed by atoms with Crippen molar-refractivity contribution in [2.24, 2.45) is 0 Å². The molecule has 25 heavy (non-hydrogen) atoms. The molecule has 3 rings (SSSR count). The van der Waals surface area contributed by atoms with Gasteiger partial charge in [0, 0.05) is 19.6 Å².